The molecule has 1 atom stereocenters. The van der Waals surface area contributed by atoms with Crippen LogP contribution in [-0.4, -0.2) is 111 Å². The second kappa shape index (κ2) is 16.1. The molecule has 59 heavy (non-hydrogen) atoms. The molecule has 4 aliphatic rings. The summed E-state index contributed by atoms with van der Waals surface area (Å²) >= 11 is 6.60. The van der Waals surface area contributed by atoms with Crippen LogP contribution in [0, 0.1) is 5.92 Å². The summed E-state index contributed by atoms with van der Waals surface area (Å²) in [6, 6.07) is 9.77. The number of carbonyl (C=O) groups is 3. The van der Waals surface area contributed by atoms with Crippen LogP contribution in [0.1, 0.15) is 56.2 Å². The quantitative estimate of drug-likeness (QED) is 0.165. The Hall–Kier alpha value is -5.81. The summed E-state index contributed by atoms with van der Waals surface area (Å²) in [4.78, 5) is 70.7. The smallest absolute Gasteiger partial charge is 0.294 e. The molecule has 18 heteroatoms. The van der Waals surface area contributed by atoms with Gasteiger partial charge in [0.05, 0.1) is 40.9 Å². The highest BCUT2D eigenvalue weighted by molar-refractivity contribution is 6.33. The molecular formula is C41H47ClN12O5. The van der Waals surface area contributed by atoms with E-state index in [0.29, 0.717) is 52.3 Å². The number of imide groups is 1. The Labute approximate surface area is 345 Å². The van der Waals surface area contributed by atoms with Gasteiger partial charge in [0.25, 0.3) is 11.5 Å². The van der Waals surface area contributed by atoms with Gasteiger partial charge < -0.3 is 25.2 Å². The van der Waals surface area contributed by atoms with Crippen molar-refractivity contribution in [1.29, 1.82) is 0 Å². The maximum Gasteiger partial charge on any atom is 0.294 e. The minimum absolute atomic E-state index is 0.0520. The number of nitrogens with zero attached hydrogens (tertiary/aromatic N) is 9. The molecule has 1 aromatic carbocycles. The van der Waals surface area contributed by atoms with Gasteiger partial charge in [-0.1, -0.05) is 23.7 Å². The Morgan fingerprint density at radius 1 is 0.966 bits per heavy atom. The third-order valence-corrected chi connectivity index (χ3v) is 12.2. The molecule has 3 amide bonds. The maximum absolute atomic E-state index is 13.2. The molecular weight excluding hydrogens is 776 g/mol. The Balaban J connectivity index is 0.812. The van der Waals surface area contributed by atoms with Crippen LogP contribution in [-0.2, 0) is 21.4 Å². The van der Waals surface area contributed by atoms with Gasteiger partial charge in [-0.25, -0.2) is 9.97 Å². The van der Waals surface area contributed by atoms with E-state index < -0.39 is 5.92 Å². The van der Waals surface area contributed by atoms with Crippen molar-refractivity contribution in [3.05, 3.63) is 63.8 Å². The average molecular weight is 823 g/mol. The number of nitrogens with one attached hydrogen (secondary N) is 3. The molecule has 17 nitrogen and oxygen atoms in total. The molecule has 4 fully saturated rings. The van der Waals surface area contributed by atoms with E-state index in [4.69, 9.17) is 26.4 Å². The number of amides is 3. The summed E-state index contributed by atoms with van der Waals surface area (Å²) in [7, 11) is 3.45. The van der Waals surface area contributed by atoms with Crippen LogP contribution in [0.2, 0.25) is 5.02 Å². The number of hydrogen-bond donors (Lipinski definition) is 3. The highest BCUT2D eigenvalue weighted by Crippen LogP contribution is 2.38. The topological polar surface area (TPSA) is 185 Å². The lowest BCUT2D eigenvalue weighted by molar-refractivity contribution is -0.134. The fourth-order valence-corrected chi connectivity index (χ4v) is 8.79. The van der Waals surface area contributed by atoms with Gasteiger partial charge in [0.15, 0.2) is 18.2 Å². The van der Waals surface area contributed by atoms with Crippen LogP contribution >= 0.6 is 11.6 Å². The first-order valence-electron chi connectivity index (χ1n) is 20.3. The monoisotopic (exact) mass is 822 g/mol. The zero-order chi connectivity index (χ0) is 40.8. The average Bonchev–Trinajstić information content (AvgIpc) is 4.03. The number of likely N-dealkylation sites (N-methyl/N-ethyl adjacent to an activating group) is 1. The molecule has 3 N–H and O–H groups in total. The Bertz CT molecular complexity index is 2500. The molecule has 0 spiro atoms. The first kappa shape index (κ1) is 38.7. The van der Waals surface area contributed by atoms with Gasteiger partial charge in [0.1, 0.15) is 10.7 Å². The van der Waals surface area contributed by atoms with E-state index in [1.54, 1.807) is 23.0 Å². The number of pyridine rings is 2. The molecule has 3 aliphatic heterocycles. The number of anilines is 4. The van der Waals surface area contributed by atoms with Crippen molar-refractivity contribution in [2.75, 3.05) is 74.6 Å². The molecule has 1 saturated carbocycles. The number of piperidine rings is 2. The van der Waals surface area contributed by atoms with E-state index in [1.807, 2.05) is 29.9 Å². The zero-order valence-corrected chi connectivity index (χ0v) is 33.9. The third-order valence-electron chi connectivity index (χ3n) is 12.0. The largest absolute Gasteiger partial charge is 0.478 e. The standard InChI is InChI=1S/C41H47ClN12O5/c1-43-34(56)23-59-32-19-25-18-26(20-44-38(25)54(40(32)58)27-6-7-27)46-37-30(42)21-45-41(48-37)53-16-14-51(15-17-53)22-24-10-12-52(13-11-24)31-5-3-4-28-35(49-50(2)36(28)31)29-8-9-33(55)47-39(29)57/h3-5,18-21,24,27,29H,6-17,22-23H2,1-2H3,(H,43,56)(H,45,46,48)(H,47,55,57). The normalized spacial score (nSPS) is 19.3. The summed E-state index contributed by atoms with van der Waals surface area (Å²) in [5, 5.41) is 15.1. The van der Waals surface area contributed by atoms with Gasteiger partial charge in [-0.2, -0.15) is 10.1 Å². The number of fused-ring (bicyclic) bond motifs is 2. The number of piperazine rings is 1. The number of para-hydroxylation sites is 1. The molecule has 5 aromatic rings. The third kappa shape index (κ3) is 7.88. The van der Waals surface area contributed by atoms with Gasteiger partial charge in [-0.15, -0.1) is 0 Å². The molecule has 1 aliphatic carbocycles. The summed E-state index contributed by atoms with van der Waals surface area (Å²) in [6.07, 6.45) is 7.99. The fraction of sp³-hybridized carbons (Fsp3) is 0.463. The molecule has 4 aromatic heterocycles. The number of hydrogen-bond acceptors (Lipinski definition) is 13. The number of aryl methyl sites for hydroxylation is 1. The second-order valence-corrected chi connectivity index (χ2v) is 16.3. The predicted octanol–water partition coefficient (Wildman–Crippen LogP) is 3.49. The summed E-state index contributed by atoms with van der Waals surface area (Å²) in [5.41, 5.74) is 3.79. The lowest BCUT2D eigenvalue weighted by atomic mass is 9.92. The predicted molar refractivity (Wildman–Crippen MR) is 224 cm³/mol. The van der Waals surface area contributed by atoms with E-state index in [0.717, 1.165) is 93.8 Å². The fourth-order valence-electron chi connectivity index (χ4n) is 8.66. The Morgan fingerprint density at radius 2 is 1.76 bits per heavy atom. The van der Waals surface area contributed by atoms with Crippen LogP contribution in [0.15, 0.2) is 47.5 Å². The van der Waals surface area contributed by atoms with Gasteiger partial charge in [-0.3, -0.25) is 38.6 Å². The maximum atomic E-state index is 13.2. The van der Waals surface area contributed by atoms with Gasteiger partial charge >= 0.3 is 0 Å². The highest BCUT2D eigenvalue weighted by atomic mass is 35.5. The molecule has 7 heterocycles. The van der Waals surface area contributed by atoms with Gasteiger partial charge in [0, 0.05) is 83.1 Å². The summed E-state index contributed by atoms with van der Waals surface area (Å²) < 4.78 is 9.16. The molecule has 3 saturated heterocycles. The van der Waals surface area contributed by atoms with Crippen LogP contribution < -0.4 is 36.0 Å². The zero-order valence-electron chi connectivity index (χ0n) is 33.1. The van der Waals surface area contributed by atoms with Crippen LogP contribution in [0.3, 0.4) is 0 Å². The SMILES string of the molecule is CNC(=O)COc1cc2cc(Nc3nc(N4CCN(CC5CCN(c6cccc7c(C8CCC(=O)NC8=O)nn(C)c67)CC5)CC4)ncc3Cl)cnc2n(C2CC2)c1=O. The minimum atomic E-state index is -0.425. The van der Waals surface area contributed by atoms with Gasteiger partial charge in [0.2, 0.25) is 17.8 Å². The van der Waals surface area contributed by atoms with Crippen molar-refractivity contribution in [3.63, 3.8) is 0 Å². The van der Waals surface area contributed by atoms with E-state index in [-0.39, 0.29) is 41.7 Å². The minimum Gasteiger partial charge on any atom is -0.478 e. The number of halogens is 1. The lowest BCUT2D eigenvalue weighted by Crippen LogP contribution is -2.49. The van der Waals surface area contributed by atoms with Crippen molar-refractivity contribution in [2.24, 2.45) is 13.0 Å². The van der Waals surface area contributed by atoms with Crippen molar-refractivity contribution in [3.8, 4) is 5.75 Å². The van der Waals surface area contributed by atoms with E-state index >= 15 is 0 Å². The number of benzene rings is 1. The van der Waals surface area contributed by atoms with Crippen LogP contribution in [0.4, 0.5) is 23.1 Å². The first-order chi connectivity index (χ1) is 28.6. The van der Waals surface area contributed by atoms with Crippen molar-refractivity contribution < 1.29 is 19.1 Å². The van der Waals surface area contributed by atoms with E-state index in [9.17, 15) is 19.2 Å². The molecule has 1 unspecified atom stereocenters. The number of ether oxygens (including phenoxy) is 1. The Kier molecular flexibility index (Phi) is 10.6. The van der Waals surface area contributed by atoms with E-state index in [2.05, 4.69) is 46.7 Å². The molecule has 0 bridgehead atoms. The number of carbonyl (C=O) groups excluding carboxylic acids is 3. The van der Waals surface area contributed by atoms with Gasteiger partial charge in [-0.05, 0) is 56.2 Å². The Morgan fingerprint density at radius 3 is 2.51 bits per heavy atom. The van der Waals surface area contributed by atoms with Crippen molar-refractivity contribution in [2.45, 2.75) is 50.5 Å². The first-order valence-corrected chi connectivity index (χ1v) is 20.7. The van der Waals surface area contributed by atoms with Crippen molar-refractivity contribution in [1.82, 2.24) is 44.8 Å². The summed E-state index contributed by atoms with van der Waals surface area (Å²) in [5.74, 6) is 0.483. The van der Waals surface area contributed by atoms with Crippen LogP contribution in [0.25, 0.3) is 21.9 Å². The second-order valence-electron chi connectivity index (χ2n) is 15.9. The number of aromatic nitrogens is 6. The molecule has 308 valence electrons. The summed E-state index contributed by atoms with van der Waals surface area (Å²) in [6.45, 7) is 6.02. The molecule has 0 radical (unpaired) electrons. The van der Waals surface area contributed by atoms with E-state index in [1.165, 1.54) is 7.05 Å². The lowest BCUT2D eigenvalue weighted by Gasteiger charge is -2.39. The number of rotatable bonds is 11. The van der Waals surface area contributed by atoms with Crippen molar-refractivity contribution >= 4 is 74.4 Å². The van der Waals surface area contributed by atoms with Crippen LogP contribution in [0.5, 0.6) is 5.75 Å². The molecule has 9 rings (SSSR count). The highest BCUT2D eigenvalue weighted by Gasteiger charge is 2.33.